The van der Waals surface area contributed by atoms with Gasteiger partial charge in [-0.3, -0.25) is 4.79 Å². The zero-order chi connectivity index (χ0) is 26.8. The number of rotatable bonds is 9. The Bertz CT molecular complexity index is 1250. The number of benzene rings is 2. The normalized spacial score (nSPS) is 16.5. The molecular formula is C31H39N3O3. The lowest BCUT2D eigenvalue weighted by Crippen LogP contribution is -2.38. The van der Waals surface area contributed by atoms with Gasteiger partial charge in [-0.15, -0.1) is 0 Å². The third-order valence-corrected chi connectivity index (χ3v) is 7.99. The molecule has 196 valence electrons. The van der Waals surface area contributed by atoms with Gasteiger partial charge in [-0.25, -0.2) is 9.48 Å². The molecule has 0 spiro atoms. The first kappa shape index (κ1) is 26.6. The number of aromatic nitrogens is 2. The summed E-state index contributed by atoms with van der Waals surface area (Å²) in [6.45, 7) is 12.7. The first-order valence-corrected chi connectivity index (χ1v) is 13.4. The number of aryl methyl sites for hydroxylation is 1. The molecule has 0 saturated heterocycles. The number of carbonyl (C=O) groups is 2. The van der Waals surface area contributed by atoms with Crippen LogP contribution in [0.3, 0.4) is 0 Å². The third kappa shape index (κ3) is 5.07. The second kappa shape index (κ2) is 10.5. The zero-order valence-electron chi connectivity index (χ0n) is 22.9. The van der Waals surface area contributed by atoms with Gasteiger partial charge in [-0.05, 0) is 70.2 Å². The number of ketones is 1. The summed E-state index contributed by atoms with van der Waals surface area (Å²) < 4.78 is 7.14. The summed E-state index contributed by atoms with van der Waals surface area (Å²) in [5.74, 6) is 0.577. The van der Waals surface area contributed by atoms with E-state index in [1.165, 1.54) is 5.56 Å². The van der Waals surface area contributed by atoms with Gasteiger partial charge < -0.3 is 10.1 Å². The van der Waals surface area contributed by atoms with Gasteiger partial charge in [-0.2, -0.15) is 5.10 Å². The lowest BCUT2D eigenvalue weighted by Gasteiger charge is -2.38. The molecule has 0 amide bonds. The number of carbonyl (C=O) groups excluding carboxylic acids is 2. The van der Waals surface area contributed by atoms with Gasteiger partial charge in [0.15, 0.2) is 5.78 Å². The highest BCUT2D eigenvalue weighted by Crippen LogP contribution is 2.43. The van der Waals surface area contributed by atoms with Crippen LogP contribution in [0.25, 0.3) is 0 Å². The minimum atomic E-state index is -0.339. The van der Waals surface area contributed by atoms with E-state index in [4.69, 9.17) is 9.84 Å². The van der Waals surface area contributed by atoms with Crippen molar-refractivity contribution >= 4 is 17.6 Å². The summed E-state index contributed by atoms with van der Waals surface area (Å²) in [4.78, 5) is 26.2. The number of nitrogens with zero attached hydrogens (tertiary/aromatic N) is 2. The van der Waals surface area contributed by atoms with Crippen LogP contribution in [-0.4, -0.2) is 28.1 Å². The summed E-state index contributed by atoms with van der Waals surface area (Å²) in [7, 11) is 0. The Hall–Kier alpha value is -3.41. The summed E-state index contributed by atoms with van der Waals surface area (Å²) in [5.41, 5.74) is 3.66. The van der Waals surface area contributed by atoms with Crippen LogP contribution >= 0.6 is 0 Å². The SMILES string of the molecule is CCOC(=O)c1ccc(C(CC)(CC)CC(=O)c2c(C)nn3c2NC(c2ccccc2)CC3(C)C)cc1. The van der Waals surface area contributed by atoms with Crippen molar-refractivity contribution in [1.82, 2.24) is 9.78 Å². The Morgan fingerprint density at radius 2 is 1.70 bits per heavy atom. The van der Waals surface area contributed by atoms with E-state index in [-0.39, 0.29) is 28.7 Å². The van der Waals surface area contributed by atoms with Crippen molar-refractivity contribution in [3.8, 4) is 0 Å². The molecule has 0 aliphatic carbocycles. The predicted molar refractivity (Wildman–Crippen MR) is 147 cm³/mol. The maximum atomic E-state index is 14.1. The Morgan fingerprint density at radius 1 is 1.05 bits per heavy atom. The van der Waals surface area contributed by atoms with E-state index in [0.717, 1.165) is 36.3 Å². The van der Waals surface area contributed by atoms with E-state index < -0.39 is 0 Å². The van der Waals surface area contributed by atoms with Gasteiger partial charge in [0.25, 0.3) is 0 Å². The maximum Gasteiger partial charge on any atom is 0.338 e. The fourth-order valence-electron chi connectivity index (χ4n) is 5.70. The summed E-state index contributed by atoms with van der Waals surface area (Å²) in [6.07, 6.45) is 2.86. The van der Waals surface area contributed by atoms with Crippen LogP contribution in [0, 0.1) is 6.92 Å². The van der Waals surface area contributed by atoms with Crippen LogP contribution in [0.15, 0.2) is 54.6 Å². The molecule has 1 unspecified atom stereocenters. The number of fused-ring (bicyclic) bond motifs is 1. The topological polar surface area (TPSA) is 73.2 Å². The Kier molecular flexibility index (Phi) is 7.58. The van der Waals surface area contributed by atoms with Crippen molar-refractivity contribution in [2.24, 2.45) is 0 Å². The second-order valence-corrected chi connectivity index (χ2v) is 10.7. The molecule has 0 fully saturated rings. The Balaban J connectivity index is 1.67. The van der Waals surface area contributed by atoms with Gasteiger partial charge in [0.05, 0.1) is 35.0 Å². The quantitative estimate of drug-likeness (QED) is 0.253. The molecular weight excluding hydrogens is 462 g/mol. The minimum absolute atomic E-state index is 0.0916. The smallest absolute Gasteiger partial charge is 0.338 e. The molecule has 1 aromatic heterocycles. The average Bonchev–Trinajstić information content (AvgIpc) is 3.25. The number of hydrogen-bond donors (Lipinski definition) is 1. The van der Waals surface area contributed by atoms with E-state index >= 15 is 0 Å². The second-order valence-electron chi connectivity index (χ2n) is 10.7. The molecule has 4 rings (SSSR count). The molecule has 2 aromatic carbocycles. The van der Waals surface area contributed by atoms with Crippen LogP contribution < -0.4 is 5.32 Å². The van der Waals surface area contributed by atoms with Crippen LogP contribution in [0.1, 0.15) is 104 Å². The molecule has 3 aromatic rings. The maximum absolute atomic E-state index is 14.1. The number of esters is 1. The first-order valence-electron chi connectivity index (χ1n) is 13.4. The minimum Gasteiger partial charge on any atom is -0.462 e. The molecule has 37 heavy (non-hydrogen) atoms. The first-order chi connectivity index (χ1) is 17.7. The molecule has 0 radical (unpaired) electrons. The molecule has 6 heteroatoms. The van der Waals surface area contributed by atoms with E-state index in [9.17, 15) is 9.59 Å². The van der Waals surface area contributed by atoms with Crippen molar-refractivity contribution in [3.63, 3.8) is 0 Å². The molecule has 1 aliphatic heterocycles. The van der Waals surface area contributed by atoms with E-state index in [0.29, 0.717) is 24.2 Å². The van der Waals surface area contributed by atoms with Crippen LogP contribution in [0.2, 0.25) is 0 Å². The molecule has 1 atom stereocenters. The van der Waals surface area contributed by atoms with Crippen molar-refractivity contribution < 1.29 is 14.3 Å². The van der Waals surface area contributed by atoms with Gasteiger partial charge >= 0.3 is 5.97 Å². The van der Waals surface area contributed by atoms with E-state index in [2.05, 4.69) is 57.3 Å². The van der Waals surface area contributed by atoms with Crippen LogP contribution in [-0.2, 0) is 15.7 Å². The molecule has 6 nitrogen and oxygen atoms in total. The van der Waals surface area contributed by atoms with Crippen molar-refractivity contribution in [2.45, 2.75) is 84.2 Å². The summed E-state index contributed by atoms with van der Waals surface area (Å²) >= 11 is 0. The van der Waals surface area contributed by atoms with Gasteiger partial charge in [0.1, 0.15) is 5.82 Å². The van der Waals surface area contributed by atoms with Crippen molar-refractivity contribution in [1.29, 1.82) is 0 Å². The highest BCUT2D eigenvalue weighted by atomic mass is 16.5. The van der Waals surface area contributed by atoms with E-state index in [1.807, 2.05) is 29.8 Å². The largest absolute Gasteiger partial charge is 0.462 e. The highest BCUT2D eigenvalue weighted by molar-refractivity contribution is 6.02. The fourth-order valence-corrected chi connectivity index (χ4v) is 5.70. The third-order valence-electron chi connectivity index (χ3n) is 7.99. The van der Waals surface area contributed by atoms with Gasteiger partial charge in [-0.1, -0.05) is 56.3 Å². The monoisotopic (exact) mass is 501 g/mol. The number of ether oxygens (including phenoxy) is 1. The van der Waals surface area contributed by atoms with Crippen molar-refractivity contribution in [2.75, 3.05) is 11.9 Å². The highest BCUT2D eigenvalue weighted by Gasteiger charge is 2.40. The van der Waals surface area contributed by atoms with Crippen LogP contribution in [0.4, 0.5) is 5.82 Å². The standard InChI is InChI=1S/C31H39N3O3/c1-7-31(8-2,24-17-15-23(16-18-24)29(36)37-9-3)20-26(35)27-21(4)33-34-28(27)32-25(19-30(34,5)6)22-13-11-10-12-14-22/h10-18,25,32H,7-9,19-20H2,1-6H3. The van der Waals surface area contributed by atoms with Gasteiger partial charge in [0.2, 0.25) is 0 Å². The average molecular weight is 502 g/mol. The molecule has 0 bridgehead atoms. The van der Waals surface area contributed by atoms with Crippen molar-refractivity contribution in [3.05, 3.63) is 82.5 Å². The fraction of sp³-hybridized carbons (Fsp3) is 0.452. The summed E-state index contributed by atoms with van der Waals surface area (Å²) in [5, 5.41) is 8.50. The number of hydrogen-bond acceptors (Lipinski definition) is 5. The number of Topliss-reactive ketones (excluding diaryl/α,β-unsaturated/α-hetero) is 1. The molecule has 1 aliphatic rings. The Morgan fingerprint density at radius 3 is 2.30 bits per heavy atom. The Labute approximate surface area is 220 Å². The number of nitrogens with one attached hydrogen (secondary N) is 1. The van der Waals surface area contributed by atoms with Crippen LogP contribution in [0.5, 0.6) is 0 Å². The molecule has 2 heterocycles. The van der Waals surface area contributed by atoms with Gasteiger partial charge in [0, 0.05) is 11.8 Å². The van der Waals surface area contributed by atoms with E-state index in [1.54, 1.807) is 19.1 Å². The lowest BCUT2D eigenvalue weighted by molar-refractivity contribution is 0.0526. The summed E-state index contributed by atoms with van der Waals surface area (Å²) in [6, 6.07) is 18.0. The zero-order valence-corrected chi connectivity index (χ0v) is 22.9. The molecule has 0 saturated carbocycles. The predicted octanol–water partition coefficient (Wildman–Crippen LogP) is 6.99. The molecule has 1 N–H and O–H groups in total. The number of anilines is 1. The lowest BCUT2D eigenvalue weighted by atomic mass is 9.71.